The predicted molar refractivity (Wildman–Crippen MR) is 36.4 cm³/mol. The van der Waals surface area contributed by atoms with E-state index in [9.17, 15) is 0 Å². The summed E-state index contributed by atoms with van der Waals surface area (Å²) in [6.07, 6.45) is 7.66. The molecule has 0 amide bonds. The number of hydrogen-bond donors (Lipinski definition) is 0. The van der Waals surface area contributed by atoms with Crippen LogP contribution in [0.25, 0.3) is 0 Å². The largest absolute Gasteiger partial charge is 0.301 e. The summed E-state index contributed by atoms with van der Waals surface area (Å²) in [5, 5.41) is 0. The summed E-state index contributed by atoms with van der Waals surface area (Å²) < 4.78 is 0. The molecule has 46 valence electrons. The van der Waals surface area contributed by atoms with Gasteiger partial charge < -0.3 is 4.99 Å². The molecule has 1 aliphatic rings. The van der Waals surface area contributed by atoms with Crippen molar-refractivity contribution in [3.63, 3.8) is 0 Å². The molecule has 0 heterocycles. The Morgan fingerprint density at radius 1 is 1.38 bits per heavy atom. The van der Waals surface area contributed by atoms with Crippen molar-refractivity contribution in [1.82, 2.24) is 0 Å². The number of nitrogens with zero attached hydrogens (tertiary/aromatic N) is 1. The molecule has 0 saturated heterocycles. The van der Waals surface area contributed by atoms with Crippen molar-refractivity contribution in [2.24, 2.45) is 10.9 Å². The van der Waals surface area contributed by atoms with Gasteiger partial charge in [-0.15, -0.1) is 0 Å². The van der Waals surface area contributed by atoms with Crippen LogP contribution < -0.4 is 0 Å². The van der Waals surface area contributed by atoms with Crippen molar-refractivity contribution in [3.05, 3.63) is 0 Å². The molecule has 0 bridgehead atoms. The molecule has 0 atom stereocenters. The van der Waals surface area contributed by atoms with Gasteiger partial charge in [-0.3, -0.25) is 0 Å². The van der Waals surface area contributed by atoms with Gasteiger partial charge in [-0.1, -0.05) is 12.8 Å². The maximum absolute atomic E-state index is 3.99. The second kappa shape index (κ2) is 2.85. The maximum Gasteiger partial charge on any atom is 0.0273 e. The summed E-state index contributed by atoms with van der Waals surface area (Å²) >= 11 is 0. The first-order valence-electron chi connectivity index (χ1n) is 3.36. The average Bonchev–Trinajstić information content (AvgIpc) is 2.19. The second-order valence-electron chi connectivity index (χ2n) is 2.45. The van der Waals surface area contributed by atoms with Gasteiger partial charge in [0.25, 0.3) is 0 Å². The molecule has 1 nitrogen and oxygen atoms in total. The first-order chi connectivity index (χ1) is 3.93. The lowest BCUT2D eigenvalue weighted by Gasteiger charge is -1.95. The third kappa shape index (κ3) is 1.32. The molecule has 0 spiro atoms. The van der Waals surface area contributed by atoms with Gasteiger partial charge in [-0.25, -0.2) is 0 Å². The molecule has 0 aromatic heterocycles. The Morgan fingerprint density at radius 2 is 2.00 bits per heavy atom. The Labute approximate surface area is 50.8 Å². The van der Waals surface area contributed by atoms with Gasteiger partial charge in [0.1, 0.15) is 0 Å². The molecule has 8 heavy (non-hydrogen) atoms. The van der Waals surface area contributed by atoms with Crippen LogP contribution in [-0.4, -0.2) is 13.3 Å². The van der Waals surface area contributed by atoms with E-state index < -0.39 is 0 Å². The minimum atomic E-state index is 0.819. The molecule has 0 aromatic carbocycles. The summed E-state index contributed by atoms with van der Waals surface area (Å²) in [6, 6.07) is 0. The van der Waals surface area contributed by atoms with Crippen molar-refractivity contribution in [2.45, 2.75) is 25.7 Å². The zero-order valence-electron chi connectivity index (χ0n) is 5.43. The molecule has 1 heteroatoms. The molecule has 0 unspecified atom stereocenters. The van der Waals surface area contributed by atoms with Gasteiger partial charge in [0.05, 0.1) is 0 Å². The molecule has 0 radical (unpaired) electrons. The van der Waals surface area contributed by atoms with Gasteiger partial charge >= 0.3 is 0 Å². The Hall–Kier alpha value is -0.330. The fourth-order valence-corrected chi connectivity index (χ4v) is 1.32. The standard InChI is InChI=1S/C7H13N/c1-8-6-7-4-2-3-5-7/h6-7H,2-5H2,1H3. The number of aliphatic imine (C=N–C) groups is 1. The van der Waals surface area contributed by atoms with Crippen molar-refractivity contribution in [1.29, 1.82) is 0 Å². The molecule has 0 aromatic rings. The van der Waals surface area contributed by atoms with Crippen molar-refractivity contribution >= 4 is 6.21 Å². The van der Waals surface area contributed by atoms with Crippen molar-refractivity contribution in [3.8, 4) is 0 Å². The Balaban J connectivity index is 2.24. The van der Waals surface area contributed by atoms with Crippen LogP contribution in [0, 0.1) is 5.92 Å². The lowest BCUT2D eigenvalue weighted by molar-refractivity contribution is 0.743. The third-order valence-corrected chi connectivity index (χ3v) is 1.76. The van der Waals surface area contributed by atoms with Crippen LogP contribution in [0.3, 0.4) is 0 Å². The first-order valence-corrected chi connectivity index (χ1v) is 3.36. The van der Waals surface area contributed by atoms with E-state index in [4.69, 9.17) is 0 Å². The first kappa shape index (κ1) is 5.80. The van der Waals surface area contributed by atoms with Gasteiger partial charge in [0.2, 0.25) is 0 Å². The zero-order valence-corrected chi connectivity index (χ0v) is 5.43. The normalized spacial score (nSPS) is 23.1. The Kier molecular flexibility index (Phi) is 2.07. The highest BCUT2D eigenvalue weighted by Crippen LogP contribution is 2.22. The van der Waals surface area contributed by atoms with Crippen LogP contribution in [0.4, 0.5) is 0 Å². The van der Waals surface area contributed by atoms with Gasteiger partial charge in [-0.2, -0.15) is 0 Å². The smallest absolute Gasteiger partial charge is 0.0273 e. The fourth-order valence-electron chi connectivity index (χ4n) is 1.32. The summed E-state index contributed by atoms with van der Waals surface area (Å²) in [5.41, 5.74) is 0. The SMILES string of the molecule is CN=CC1CCCC1. The number of hydrogen-bond acceptors (Lipinski definition) is 1. The van der Waals surface area contributed by atoms with Gasteiger partial charge in [0.15, 0.2) is 0 Å². The molecular formula is C7H13N. The average molecular weight is 111 g/mol. The minimum absolute atomic E-state index is 0.819. The second-order valence-corrected chi connectivity index (χ2v) is 2.45. The van der Waals surface area contributed by atoms with Gasteiger partial charge in [-0.05, 0) is 18.8 Å². The van der Waals surface area contributed by atoms with Crippen LogP contribution in [-0.2, 0) is 0 Å². The maximum atomic E-state index is 3.99. The molecule has 0 N–H and O–H groups in total. The summed E-state index contributed by atoms with van der Waals surface area (Å²) in [5.74, 6) is 0.819. The van der Waals surface area contributed by atoms with Crippen molar-refractivity contribution in [2.75, 3.05) is 7.05 Å². The number of rotatable bonds is 1. The van der Waals surface area contributed by atoms with E-state index in [2.05, 4.69) is 11.2 Å². The third-order valence-electron chi connectivity index (χ3n) is 1.76. The zero-order chi connectivity index (χ0) is 5.82. The topological polar surface area (TPSA) is 12.4 Å². The van der Waals surface area contributed by atoms with Crippen LogP contribution in [0.1, 0.15) is 25.7 Å². The molecule has 0 aliphatic heterocycles. The van der Waals surface area contributed by atoms with Crippen LogP contribution in [0.15, 0.2) is 4.99 Å². The van der Waals surface area contributed by atoms with Crippen LogP contribution in [0.5, 0.6) is 0 Å². The molecule has 1 rings (SSSR count). The lowest BCUT2D eigenvalue weighted by atomic mass is 10.1. The Bertz CT molecular complexity index is 80.4. The van der Waals surface area contributed by atoms with E-state index in [-0.39, 0.29) is 0 Å². The lowest BCUT2D eigenvalue weighted by Crippen LogP contribution is -1.92. The van der Waals surface area contributed by atoms with Crippen LogP contribution >= 0.6 is 0 Å². The fraction of sp³-hybridized carbons (Fsp3) is 0.857. The predicted octanol–water partition coefficient (Wildman–Crippen LogP) is 1.88. The van der Waals surface area contributed by atoms with E-state index in [0.29, 0.717) is 0 Å². The summed E-state index contributed by atoms with van der Waals surface area (Å²) in [6.45, 7) is 0. The van der Waals surface area contributed by atoms with E-state index >= 15 is 0 Å². The van der Waals surface area contributed by atoms with E-state index in [1.165, 1.54) is 25.7 Å². The van der Waals surface area contributed by atoms with Crippen LogP contribution in [0.2, 0.25) is 0 Å². The molecule has 1 fully saturated rings. The van der Waals surface area contributed by atoms with Gasteiger partial charge in [0, 0.05) is 13.3 Å². The highest BCUT2D eigenvalue weighted by Gasteiger charge is 2.10. The monoisotopic (exact) mass is 111 g/mol. The molecule has 1 saturated carbocycles. The quantitative estimate of drug-likeness (QED) is 0.458. The van der Waals surface area contributed by atoms with Crippen molar-refractivity contribution < 1.29 is 0 Å². The molecular weight excluding hydrogens is 98.1 g/mol. The Morgan fingerprint density at radius 3 is 2.50 bits per heavy atom. The molecule has 1 aliphatic carbocycles. The van der Waals surface area contributed by atoms with E-state index in [1.54, 1.807) is 0 Å². The highest BCUT2D eigenvalue weighted by molar-refractivity contribution is 5.60. The minimum Gasteiger partial charge on any atom is -0.301 e. The van der Waals surface area contributed by atoms with E-state index in [0.717, 1.165) is 5.92 Å². The van der Waals surface area contributed by atoms with E-state index in [1.807, 2.05) is 7.05 Å². The highest BCUT2D eigenvalue weighted by atomic mass is 14.6. The summed E-state index contributed by atoms with van der Waals surface area (Å²) in [7, 11) is 1.86. The summed E-state index contributed by atoms with van der Waals surface area (Å²) in [4.78, 5) is 3.99.